The molecule has 0 bridgehead atoms. The van der Waals surface area contributed by atoms with Gasteiger partial charge >= 0.3 is 11.9 Å². The summed E-state index contributed by atoms with van der Waals surface area (Å²) in [7, 11) is 0. The highest BCUT2D eigenvalue weighted by atomic mass is 17.2. The lowest BCUT2D eigenvalue weighted by atomic mass is 10.1. The highest BCUT2D eigenvalue weighted by molar-refractivity contribution is 5.69. The minimum Gasteiger partial charge on any atom is -0.298 e. The van der Waals surface area contributed by atoms with Crippen LogP contribution in [0.2, 0.25) is 0 Å². The maximum absolute atomic E-state index is 11.4. The highest BCUT2D eigenvalue weighted by Gasteiger charge is 2.16. The molecular formula is C16H30O6. The van der Waals surface area contributed by atoms with Crippen molar-refractivity contribution in [3.05, 3.63) is 0 Å². The van der Waals surface area contributed by atoms with E-state index in [2.05, 4.69) is 9.78 Å². The fourth-order valence-corrected chi connectivity index (χ4v) is 1.32. The molecule has 130 valence electrons. The van der Waals surface area contributed by atoms with Crippen LogP contribution in [-0.2, 0) is 29.1 Å². The summed E-state index contributed by atoms with van der Waals surface area (Å²) in [5.74, 6) is -0.735. The van der Waals surface area contributed by atoms with Crippen molar-refractivity contribution in [1.29, 1.82) is 0 Å². The first-order chi connectivity index (χ1) is 9.99. The quantitative estimate of drug-likeness (QED) is 0.365. The highest BCUT2D eigenvalue weighted by Crippen LogP contribution is 2.12. The molecule has 0 spiro atoms. The molecule has 0 saturated carbocycles. The van der Waals surface area contributed by atoms with E-state index >= 15 is 0 Å². The lowest BCUT2D eigenvalue weighted by molar-refractivity contribution is -0.320. The molecule has 0 saturated heterocycles. The second-order valence-electron chi connectivity index (χ2n) is 7.22. The molecule has 0 radical (unpaired) electrons. The maximum atomic E-state index is 11.4. The average molecular weight is 318 g/mol. The van der Waals surface area contributed by atoms with Crippen LogP contribution >= 0.6 is 0 Å². The van der Waals surface area contributed by atoms with Crippen molar-refractivity contribution in [2.75, 3.05) is 0 Å². The van der Waals surface area contributed by atoms with E-state index in [1.807, 2.05) is 41.5 Å². The number of unbranched alkanes of at least 4 members (excludes halogenated alkanes) is 3. The van der Waals surface area contributed by atoms with Crippen molar-refractivity contribution in [2.45, 2.75) is 91.3 Å². The number of rotatable bonds is 9. The largest absolute Gasteiger partial charge is 0.342 e. The fraction of sp³-hybridized carbons (Fsp3) is 0.875. The second kappa shape index (κ2) is 9.79. The molecule has 0 amide bonds. The molecule has 0 aromatic rings. The molecule has 0 heterocycles. The SMILES string of the molecule is CC(C)(C)OOC(=O)CCCCCCC(=O)OOC(C)(C)C. The van der Waals surface area contributed by atoms with Crippen LogP contribution in [0.1, 0.15) is 80.1 Å². The third-order valence-electron chi connectivity index (χ3n) is 2.28. The van der Waals surface area contributed by atoms with E-state index < -0.39 is 11.2 Å². The van der Waals surface area contributed by atoms with Gasteiger partial charge in [0.25, 0.3) is 0 Å². The van der Waals surface area contributed by atoms with E-state index in [4.69, 9.17) is 9.78 Å². The van der Waals surface area contributed by atoms with Gasteiger partial charge < -0.3 is 0 Å². The number of hydrogen-bond acceptors (Lipinski definition) is 6. The van der Waals surface area contributed by atoms with Gasteiger partial charge in [0.15, 0.2) is 0 Å². The summed E-state index contributed by atoms with van der Waals surface area (Å²) in [6, 6.07) is 0. The summed E-state index contributed by atoms with van der Waals surface area (Å²) >= 11 is 0. The van der Waals surface area contributed by atoms with E-state index in [0.29, 0.717) is 25.7 Å². The van der Waals surface area contributed by atoms with Crippen LogP contribution in [0.25, 0.3) is 0 Å². The van der Waals surface area contributed by atoms with Gasteiger partial charge in [-0.1, -0.05) is 12.8 Å². The van der Waals surface area contributed by atoms with Gasteiger partial charge in [0.1, 0.15) is 11.2 Å². The molecule has 0 unspecified atom stereocenters. The summed E-state index contributed by atoms with van der Waals surface area (Å²) in [5, 5.41) is 0. The lowest BCUT2D eigenvalue weighted by Gasteiger charge is -2.16. The van der Waals surface area contributed by atoms with Crippen LogP contribution in [-0.4, -0.2) is 23.1 Å². The van der Waals surface area contributed by atoms with Gasteiger partial charge in [0.05, 0.1) is 0 Å². The second-order valence-corrected chi connectivity index (χ2v) is 7.22. The number of carbonyl (C=O) groups excluding carboxylic acids is 2. The Morgan fingerprint density at radius 1 is 0.636 bits per heavy atom. The van der Waals surface area contributed by atoms with Crippen LogP contribution < -0.4 is 0 Å². The van der Waals surface area contributed by atoms with Gasteiger partial charge in [-0.3, -0.25) is 9.78 Å². The minimum absolute atomic E-state index is 0.313. The molecule has 0 fully saturated rings. The molecule has 0 aromatic heterocycles. The van der Waals surface area contributed by atoms with E-state index in [0.717, 1.165) is 12.8 Å². The van der Waals surface area contributed by atoms with Gasteiger partial charge in [-0.05, 0) is 54.4 Å². The number of carbonyl (C=O) groups is 2. The smallest absolute Gasteiger partial charge is 0.298 e. The Morgan fingerprint density at radius 3 is 1.23 bits per heavy atom. The molecule has 0 aromatic carbocycles. The van der Waals surface area contributed by atoms with E-state index in [-0.39, 0.29) is 11.9 Å². The van der Waals surface area contributed by atoms with Gasteiger partial charge in [-0.2, -0.15) is 9.78 Å². The van der Waals surface area contributed by atoms with Crippen molar-refractivity contribution >= 4 is 11.9 Å². The third kappa shape index (κ3) is 15.3. The minimum atomic E-state index is -0.495. The monoisotopic (exact) mass is 318 g/mol. The van der Waals surface area contributed by atoms with Crippen molar-refractivity contribution < 1.29 is 29.1 Å². The van der Waals surface area contributed by atoms with Gasteiger partial charge in [-0.25, -0.2) is 9.59 Å². The first-order valence-corrected chi connectivity index (χ1v) is 7.77. The topological polar surface area (TPSA) is 71.1 Å². The summed E-state index contributed by atoms with van der Waals surface area (Å²) in [5.41, 5.74) is -0.990. The lowest BCUT2D eigenvalue weighted by Crippen LogP contribution is -2.21. The predicted molar refractivity (Wildman–Crippen MR) is 81.6 cm³/mol. The van der Waals surface area contributed by atoms with Crippen LogP contribution in [0.4, 0.5) is 0 Å². The van der Waals surface area contributed by atoms with E-state index in [9.17, 15) is 9.59 Å². The van der Waals surface area contributed by atoms with Gasteiger partial charge in [-0.15, -0.1) is 0 Å². The molecule has 0 aliphatic carbocycles. The normalized spacial score (nSPS) is 12.1. The zero-order chi connectivity index (χ0) is 17.2. The third-order valence-corrected chi connectivity index (χ3v) is 2.28. The number of hydrogen-bond donors (Lipinski definition) is 0. The Morgan fingerprint density at radius 2 is 0.955 bits per heavy atom. The molecule has 0 aliphatic heterocycles. The molecule has 0 rings (SSSR count). The van der Waals surface area contributed by atoms with E-state index in [1.165, 1.54) is 0 Å². The first kappa shape index (κ1) is 20.9. The Bertz CT molecular complexity index is 304. The summed E-state index contributed by atoms with van der Waals surface area (Å²) in [6.07, 6.45) is 3.73. The van der Waals surface area contributed by atoms with Crippen LogP contribution in [0, 0.1) is 0 Å². The molecular weight excluding hydrogens is 288 g/mol. The molecule has 6 nitrogen and oxygen atoms in total. The molecule has 0 aliphatic rings. The zero-order valence-electron chi connectivity index (χ0n) is 14.7. The predicted octanol–water partition coefficient (Wildman–Crippen LogP) is 3.87. The van der Waals surface area contributed by atoms with Crippen molar-refractivity contribution in [1.82, 2.24) is 0 Å². The van der Waals surface area contributed by atoms with Crippen molar-refractivity contribution in [3.63, 3.8) is 0 Å². The van der Waals surface area contributed by atoms with Crippen LogP contribution in [0.3, 0.4) is 0 Å². The Hall–Kier alpha value is -1.14. The van der Waals surface area contributed by atoms with Crippen LogP contribution in [0.5, 0.6) is 0 Å². The summed E-state index contributed by atoms with van der Waals surface area (Å²) < 4.78 is 0. The Labute approximate surface area is 133 Å². The summed E-state index contributed by atoms with van der Waals surface area (Å²) in [4.78, 5) is 42.0. The fourth-order valence-electron chi connectivity index (χ4n) is 1.32. The average Bonchev–Trinajstić information content (AvgIpc) is 2.36. The Balaban J connectivity index is 3.50. The van der Waals surface area contributed by atoms with Gasteiger partial charge in [0.2, 0.25) is 0 Å². The Kier molecular flexibility index (Phi) is 9.28. The molecule has 6 heteroatoms. The zero-order valence-corrected chi connectivity index (χ0v) is 14.7. The standard InChI is InChI=1S/C16H30O6/c1-15(2,3)21-19-13(17)11-9-7-8-10-12-14(18)20-22-16(4,5)6/h7-12H2,1-6H3. The summed E-state index contributed by atoms with van der Waals surface area (Å²) in [6.45, 7) is 10.8. The van der Waals surface area contributed by atoms with E-state index in [1.54, 1.807) is 0 Å². The van der Waals surface area contributed by atoms with Crippen molar-refractivity contribution in [2.24, 2.45) is 0 Å². The van der Waals surface area contributed by atoms with Crippen LogP contribution in [0.15, 0.2) is 0 Å². The van der Waals surface area contributed by atoms with Crippen molar-refractivity contribution in [3.8, 4) is 0 Å². The molecule has 0 atom stereocenters. The first-order valence-electron chi connectivity index (χ1n) is 7.77. The molecule has 22 heavy (non-hydrogen) atoms. The molecule has 0 N–H and O–H groups in total. The van der Waals surface area contributed by atoms with Gasteiger partial charge in [0, 0.05) is 12.8 Å². The maximum Gasteiger partial charge on any atom is 0.342 e.